The zero-order valence-corrected chi connectivity index (χ0v) is 13.3. The third-order valence-corrected chi connectivity index (χ3v) is 4.38. The van der Waals surface area contributed by atoms with E-state index in [0.717, 1.165) is 5.75 Å². The summed E-state index contributed by atoms with van der Waals surface area (Å²) in [4.78, 5) is 16.1. The molecule has 6 heteroatoms. The normalized spacial score (nSPS) is 25.5. The first-order chi connectivity index (χ1) is 11.1. The Hall–Kier alpha value is -1.63. The molecule has 23 heavy (non-hydrogen) atoms. The molecule has 3 rings (SSSR count). The summed E-state index contributed by atoms with van der Waals surface area (Å²) in [7, 11) is 0. The van der Waals surface area contributed by atoms with E-state index in [2.05, 4.69) is 0 Å². The molecule has 0 saturated carbocycles. The molecule has 2 aliphatic rings. The lowest BCUT2D eigenvalue weighted by Crippen LogP contribution is -2.46. The zero-order valence-electron chi connectivity index (χ0n) is 13.3. The Labute approximate surface area is 136 Å². The van der Waals surface area contributed by atoms with Crippen LogP contribution in [-0.4, -0.2) is 79.0 Å². The summed E-state index contributed by atoms with van der Waals surface area (Å²) in [5.41, 5.74) is -0.888. The molecule has 126 valence electrons. The van der Waals surface area contributed by atoms with E-state index >= 15 is 0 Å². The summed E-state index contributed by atoms with van der Waals surface area (Å²) in [6.07, 6.45) is 0.621. The minimum atomic E-state index is -0.888. The predicted molar refractivity (Wildman–Crippen MR) is 85.3 cm³/mol. The van der Waals surface area contributed by atoms with Gasteiger partial charge in [-0.15, -0.1) is 0 Å². The van der Waals surface area contributed by atoms with Gasteiger partial charge in [-0.3, -0.25) is 9.69 Å². The van der Waals surface area contributed by atoms with Gasteiger partial charge in [-0.25, -0.2) is 0 Å². The van der Waals surface area contributed by atoms with Gasteiger partial charge in [-0.1, -0.05) is 18.2 Å². The van der Waals surface area contributed by atoms with E-state index in [-0.39, 0.29) is 12.5 Å². The third-order valence-electron chi connectivity index (χ3n) is 4.38. The number of rotatable bonds is 5. The second-order valence-corrected chi connectivity index (χ2v) is 6.28. The summed E-state index contributed by atoms with van der Waals surface area (Å²) in [6.45, 7) is 4.33. The highest BCUT2D eigenvalue weighted by atomic mass is 16.5. The van der Waals surface area contributed by atoms with E-state index in [1.165, 1.54) is 0 Å². The van der Waals surface area contributed by atoms with Gasteiger partial charge in [-0.05, 0) is 18.6 Å². The summed E-state index contributed by atoms with van der Waals surface area (Å²) < 4.78 is 10.9. The van der Waals surface area contributed by atoms with Gasteiger partial charge in [-0.2, -0.15) is 0 Å². The first kappa shape index (κ1) is 16.2. The first-order valence-electron chi connectivity index (χ1n) is 8.13. The van der Waals surface area contributed by atoms with Crippen molar-refractivity contribution in [1.29, 1.82) is 0 Å². The van der Waals surface area contributed by atoms with Crippen molar-refractivity contribution in [3.05, 3.63) is 30.3 Å². The molecular formula is C17H24N2O4. The van der Waals surface area contributed by atoms with Crippen LogP contribution in [0.2, 0.25) is 0 Å². The Bertz CT molecular complexity index is 519. The van der Waals surface area contributed by atoms with Crippen LogP contribution in [0.1, 0.15) is 6.42 Å². The maximum Gasteiger partial charge on any atom is 0.236 e. The molecule has 2 heterocycles. The molecular weight excluding hydrogens is 296 g/mol. The van der Waals surface area contributed by atoms with Crippen LogP contribution >= 0.6 is 0 Å². The fourth-order valence-electron chi connectivity index (χ4n) is 3.03. The number of likely N-dealkylation sites (tertiary alicyclic amines) is 1. The van der Waals surface area contributed by atoms with Crippen LogP contribution in [0.4, 0.5) is 0 Å². The summed E-state index contributed by atoms with van der Waals surface area (Å²) >= 11 is 0. The minimum absolute atomic E-state index is 0.113. The number of hydrogen-bond donors (Lipinski definition) is 1. The van der Waals surface area contributed by atoms with Crippen molar-refractivity contribution in [3.8, 4) is 5.75 Å². The van der Waals surface area contributed by atoms with Gasteiger partial charge < -0.3 is 19.5 Å². The highest BCUT2D eigenvalue weighted by Gasteiger charge is 2.38. The number of ether oxygens (including phenoxy) is 2. The van der Waals surface area contributed by atoms with Crippen molar-refractivity contribution in [2.24, 2.45) is 0 Å². The molecule has 0 bridgehead atoms. The van der Waals surface area contributed by atoms with Crippen LogP contribution in [0.15, 0.2) is 30.3 Å². The number of benzene rings is 1. The average Bonchev–Trinajstić information content (AvgIpc) is 2.96. The molecule has 0 radical (unpaired) electrons. The standard InChI is InChI=1S/C17H24N2O4/c20-16(19-8-10-22-11-9-19)12-18-7-6-17(21,13-18)14-23-15-4-2-1-3-5-15/h1-5,21H,6-14H2/t17-/m0/s1. The van der Waals surface area contributed by atoms with Gasteiger partial charge >= 0.3 is 0 Å². The van der Waals surface area contributed by atoms with E-state index in [4.69, 9.17) is 9.47 Å². The average molecular weight is 320 g/mol. The van der Waals surface area contributed by atoms with Crippen molar-refractivity contribution < 1.29 is 19.4 Å². The molecule has 2 fully saturated rings. The predicted octanol–water partition coefficient (Wildman–Crippen LogP) is 0.361. The number of aliphatic hydroxyl groups is 1. The maximum absolute atomic E-state index is 12.3. The molecule has 0 aliphatic carbocycles. The Morgan fingerprint density at radius 1 is 1.22 bits per heavy atom. The van der Waals surface area contributed by atoms with Crippen molar-refractivity contribution in [1.82, 2.24) is 9.80 Å². The largest absolute Gasteiger partial charge is 0.491 e. The fraction of sp³-hybridized carbons (Fsp3) is 0.588. The smallest absolute Gasteiger partial charge is 0.236 e. The number of morpholine rings is 1. The number of carbonyl (C=O) groups is 1. The highest BCUT2D eigenvalue weighted by Crippen LogP contribution is 2.23. The number of para-hydroxylation sites is 1. The molecule has 1 aromatic rings. The lowest BCUT2D eigenvalue weighted by Gasteiger charge is -2.29. The second kappa shape index (κ2) is 7.29. The lowest BCUT2D eigenvalue weighted by molar-refractivity contribution is -0.136. The summed E-state index contributed by atoms with van der Waals surface area (Å²) in [6, 6.07) is 9.48. The Balaban J connectivity index is 1.46. The number of hydrogen-bond acceptors (Lipinski definition) is 5. The van der Waals surface area contributed by atoms with Gasteiger partial charge in [0.05, 0.1) is 19.8 Å². The Morgan fingerprint density at radius 2 is 1.96 bits per heavy atom. The molecule has 0 spiro atoms. The maximum atomic E-state index is 12.3. The highest BCUT2D eigenvalue weighted by molar-refractivity contribution is 5.78. The van der Waals surface area contributed by atoms with Crippen LogP contribution in [0.3, 0.4) is 0 Å². The molecule has 0 aromatic heterocycles. The first-order valence-corrected chi connectivity index (χ1v) is 8.13. The Kier molecular flexibility index (Phi) is 5.15. The van der Waals surface area contributed by atoms with Gasteiger partial charge in [0, 0.05) is 26.2 Å². The quantitative estimate of drug-likeness (QED) is 0.849. The van der Waals surface area contributed by atoms with E-state index in [9.17, 15) is 9.90 Å². The number of β-amino-alcohol motifs (C(OH)–C–C–N with tert-alkyl or cyclic N) is 1. The minimum Gasteiger partial charge on any atom is -0.491 e. The van der Waals surface area contributed by atoms with Crippen LogP contribution in [-0.2, 0) is 9.53 Å². The van der Waals surface area contributed by atoms with Gasteiger partial charge in [0.15, 0.2) is 0 Å². The van der Waals surface area contributed by atoms with Crippen LogP contribution in [0, 0.1) is 0 Å². The van der Waals surface area contributed by atoms with Crippen LogP contribution in [0.5, 0.6) is 5.75 Å². The SMILES string of the molecule is O=C(CN1CC[C@@](O)(COc2ccccc2)C1)N1CCOCC1. The molecule has 0 unspecified atom stereocenters. The van der Waals surface area contributed by atoms with Crippen molar-refractivity contribution in [2.75, 3.05) is 52.5 Å². The second-order valence-electron chi connectivity index (χ2n) is 6.28. The number of amides is 1. The summed E-state index contributed by atoms with van der Waals surface area (Å²) in [5.74, 6) is 0.866. The molecule has 2 saturated heterocycles. The molecule has 1 aromatic carbocycles. The third kappa shape index (κ3) is 4.43. The number of carbonyl (C=O) groups excluding carboxylic acids is 1. The van der Waals surface area contributed by atoms with Crippen LogP contribution in [0.25, 0.3) is 0 Å². The topological polar surface area (TPSA) is 62.2 Å². The van der Waals surface area contributed by atoms with Crippen molar-refractivity contribution >= 4 is 5.91 Å². The number of nitrogens with zero attached hydrogens (tertiary/aromatic N) is 2. The molecule has 2 aliphatic heterocycles. The monoisotopic (exact) mass is 320 g/mol. The zero-order chi connectivity index (χ0) is 16.1. The molecule has 1 amide bonds. The van der Waals surface area contributed by atoms with Crippen LogP contribution < -0.4 is 4.74 Å². The molecule has 1 N–H and O–H groups in total. The Morgan fingerprint density at radius 3 is 2.70 bits per heavy atom. The summed E-state index contributed by atoms with van der Waals surface area (Å²) in [5, 5.41) is 10.6. The van der Waals surface area contributed by atoms with Crippen molar-refractivity contribution in [2.45, 2.75) is 12.0 Å². The molecule has 6 nitrogen and oxygen atoms in total. The van der Waals surface area contributed by atoms with Gasteiger partial charge in [0.1, 0.15) is 18.0 Å². The van der Waals surface area contributed by atoms with E-state index < -0.39 is 5.60 Å². The van der Waals surface area contributed by atoms with E-state index in [0.29, 0.717) is 52.4 Å². The van der Waals surface area contributed by atoms with E-state index in [1.54, 1.807) is 0 Å². The fourth-order valence-corrected chi connectivity index (χ4v) is 3.03. The van der Waals surface area contributed by atoms with Gasteiger partial charge in [0.25, 0.3) is 0 Å². The van der Waals surface area contributed by atoms with Gasteiger partial charge in [0.2, 0.25) is 5.91 Å². The molecule has 1 atom stereocenters. The van der Waals surface area contributed by atoms with E-state index in [1.807, 2.05) is 40.1 Å². The van der Waals surface area contributed by atoms with Crippen molar-refractivity contribution in [3.63, 3.8) is 0 Å². The lowest BCUT2D eigenvalue weighted by atomic mass is 10.1.